The third-order valence-corrected chi connectivity index (χ3v) is 4.14. The Morgan fingerprint density at radius 3 is 2.80 bits per heavy atom. The topological polar surface area (TPSA) is 47.9 Å². The summed E-state index contributed by atoms with van der Waals surface area (Å²) >= 11 is 3.49. The maximum Gasteiger partial charge on any atom is 0.0992 e. The minimum absolute atomic E-state index is 0.658. The Labute approximate surface area is 126 Å². The predicted octanol–water partition coefficient (Wildman–Crippen LogP) is 3.54. The van der Waals surface area contributed by atoms with Gasteiger partial charge in [-0.15, -0.1) is 0 Å². The fraction of sp³-hybridized carbons (Fsp3) is 0.188. The molecule has 3 rings (SSSR count). The Hall–Kier alpha value is -1.83. The first-order valence-corrected chi connectivity index (χ1v) is 7.30. The van der Waals surface area contributed by atoms with Crippen LogP contribution in [0.5, 0.6) is 0 Å². The first-order valence-electron chi connectivity index (χ1n) is 6.51. The van der Waals surface area contributed by atoms with Gasteiger partial charge in [-0.05, 0) is 50.8 Å². The molecule has 2 N–H and O–H groups in total. The lowest BCUT2D eigenvalue weighted by Crippen LogP contribution is -2.01. The molecule has 2 aromatic rings. The monoisotopic (exact) mass is 327 g/mol. The van der Waals surface area contributed by atoms with E-state index in [1.165, 1.54) is 16.7 Å². The summed E-state index contributed by atoms with van der Waals surface area (Å²) in [6, 6.07) is 14.3. The smallest absolute Gasteiger partial charge is 0.0992 e. The van der Waals surface area contributed by atoms with Crippen molar-refractivity contribution in [3.05, 3.63) is 63.1 Å². The van der Waals surface area contributed by atoms with Crippen LogP contribution in [0.3, 0.4) is 0 Å². The molecule has 0 spiro atoms. The molecule has 0 atom stereocenters. The van der Waals surface area contributed by atoms with Gasteiger partial charge < -0.3 is 10.6 Å². The highest BCUT2D eigenvalue weighted by Gasteiger charge is 2.10. The zero-order valence-electron chi connectivity index (χ0n) is 10.9. The van der Waals surface area contributed by atoms with E-state index in [9.17, 15) is 0 Å². The average molecular weight is 328 g/mol. The van der Waals surface area contributed by atoms with Gasteiger partial charge in [0.2, 0.25) is 0 Å². The van der Waals surface area contributed by atoms with Crippen LogP contribution in [-0.2, 0) is 19.6 Å². The SMILES string of the molecule is N#Cc1ccc(NCc2ccc3c(c2)CNC3)c(Br)c1. The fourth-order valence-corrected chi connectivity index (χ4v) is 2.90. The molecule has 0 amide bonds. The van der Waals surface area contributed by atoms with Crippen LogP contribution in [0.25, 0.3) is 0 Å². The molecule has 0 aliphatic carbocycles. The van der Waals surface area contributed by atoms with Crippen LogP contribution in [0, 0.1) is 11.3 Å². The standard InChI is InChI=1S/C16H14BrN3/c17-15-6-11(7-18)2-4-16(15)20-8-12-1-3-13-9-19-10-14(13)5-12/h1-6,19-20H,8-10H2. The zero-order valence-corrected chi connectivity index (χ0v) is 12.5. The number of nitrogens with zero attached hydrogens (tertiary/aromatic N) is 1. The van der Waals surface area contributed by atoms with E-state index in [2.05, 4.69) is 50.8 Å². The molecule has 0 fully saturated rings. The Morgan fingerprint density at radius 2 is 2.00 bits per heavy atom. The summed E-state index contributed by atoms with van der Waals surface area (Å²) in [6.45, 7) is 2.71. The van der Waals surface area contributed by atoms with Crippen molar-refractivity contribution in [1.82, 2.24) is 5.32 Å². The van der Waals surface area contributed by atoms with E-state index in [-0.39, 0.29) is 0 Å². The molecular formula is C16H14BrN3. The fourth-order valence-electron chi connectivity index (χ4n) is 2.38. The van der Waals surface area contributed by atoms with Crippen LogP contribution in [0.4, 0.5) is 5.69 Å². The molecule has 0 unspecified atom stereocenters. The number of nitriles is 1. The minimum atomic E-state index is 0.658. The third-order valence-electron chi connectivity index (χ3n) is 3.48. The molecule has 0 radical (unpaired) electrons. The molecule has 0 saturated heterocycles. The van der Waals surface area contributed by atoms with Gasteiger partial charge >= 0.3 is 0 Å². The van der Waals surface area contributed by atoms with Gasteiger partial charge in [-0.1, -0.05) is 18.2 Å². The van der Waals surface area contributed by atoms with Crippen molar-refractivity contribution in [2.24, 2.45) is 0 Å². The molecule has 0 bridgehead atoms. The Kier molecular flexibility index (Phi) is 3.72. The quantitative estimate of drug-likeness (QED) is 0.906. The predicted molar refractivity (Wildman–Crippen MR) is 83.2 cm³/mol. The first-order chi connectivity index (χ1) is 9.76. The van der Waals surface area contributed by atoms with Crippen molar-refractivity contribution in [2.45, 2.75) is 19.6 Å². The average Bonchev–Trinajstić information content (AvgIpc) is 2.93. The lowest BCUT2D eigenvalue weighted by atomic mass is 10.1. The van der Waals surface area contributed by atoms with Crippen LogP contribution in [0.1, 0.15) is 22.3 Å². The lowest BCUT2D eigenvalue weighted by molar-refractivity contribution is 0.764. The van der Waals surface area contributed by atoms with Crippen molar-refractivity contribution in [2.75, 3.05) is 5.32 Å². The van der Waals surface area contributed by atoms with Gasteiger partial charge in [0.1, 0.15) is 0 Å². The number of fused-ring (bicyclic) bond motifs is 1. The number of nitrogens with one attached hydrogen (secondary N) is 2. The second-order valence-corrected chi connectivity index (χ2v) is 5.72. The maximum absolute atomic E-state index is 8.85. The minimum Gasteiger partial charge on any atom is -0.380 e. The number of anilines is 1. The van der Waals surface area contributed by atoms with Crippen LogP contribution >= 0.6 is 15.9 Å². The van der Waals surface area contributed by atoms with Gasteiger partial charge in [-0.2, -0.15) is 5.26 Å². The Balaban J connectivity index is 1.72. The van der Waals surface area contributed by atoms with E-state index in [0.717, 1.165) is 29.8 Å². The van der Waals surface area contributed by atoms with E-state index in [1.807, 2.05) is 18.2 Å². The molecule has 100 valence electrons. The van der Waals surface area contributed by atoms with Gasteiger partial charge in [0.25, 0.3) is 0 Å². The maximum atomic E-state index is 8.85. The van der Waals surface area contributed by atoms with Gasteiger partial charge in [-0.3, -0.25) is 0 Å². The van der Waals surface area contributed by atoms with Crippen LogP contribution in [-0.4, -0.2) is 0 Å². The summed E-state index contributed by atoms with van der Waals surface area (Å²) in [6.07, 6.45) is 0. The Morgan fingerprint density at radius 1 is 1.15 bits per heavy atom. The normalized spacial score (nSPS) is 12.8. The Bertz CT molecular complexity index is 689. The van der Waals surface area contributed by atoms with Crippen LogP contribution in [0.15, 0.2) is 40.9 Å². The summed E-state index contributed by atoms with van der Waals surface area (Å²) in [5.74, 6) is 0. The molecule has 1 aliphatic rings. The zero-order chi connectivity index (χ0) is 13.9. The first kappa shape index (κ1) is 13.2. The summed E-state index contributed by atoms with van der Waals surface area (Å²) in [5.41, 5.74) is 5.72. The van der Waals surface area contributed by atoms with Crippen molar-refractivity contribution in [3.63, 3.8) is 0 Å². The summed E-state index contributed by atoms with van der Waals surface area (Å²) in [4.78, 5) is 0. The molecule has 4 heteroatoms. The molecule has 20 heavy (non-hydrogen) atoms. The van der Waals surface area contributed by atoms with Crippen molar-refractivity contribution < 1.29 is 0 Å². The number of hydrogen-bond donors (Lipinski definition) is 2. The van der Waals surface area contributed by atoms with Gasteiger partial charge in [0.05, 0.1) is 11.6 Å². The molecule has 2 aromatic carbocycles. The van der Waals surface area contributed by atoms with E-state index in [0.29, 0.717) is 5.56 Å². The van der Waals surface area contributed by atoms with Crippen molar-refractivity contribution in [1.29, 1.82) is 5.26 Å². The third kappa shape index (κ3) is 2.69. The van der Waals surface area contributed by atoms with Gasteiger partial charge in [-0.25, -0.2) is 0 Å². The van der Waals surface area contributed by atoms with E-state index in [1.54, 1.807) is 0 Å². The highest BCUT2D eigenvalue weighted by molar-refractivity contribution is 9.10. The highest BCUT2D eigenvalue weighted by atomic mass is 79.9. The van der Waals surface area contributed by atoms with Crippen LogP contribution < -0.4 is 10.6 Å². The number of halogens is 1. The summed E-state index contributed by atoms with van der Waals surface area (Å²) in [7, 11) is 0. The molecule has 1 heterocycles. The number of benzene rings is 2. The van der Waals surface area contributed by atoms with E-state index < -0.39 is 0 Å². The molecule has 3 nitrogen and oxygen atoms in total. The molecular weight excluding hydrogens is 314 g/mol. The van der Waals surface area contributed by atoms with Crippen molar-refractivity contribution >= 4 is 21.6 Å². The summed E-state index contributed by atoms with van der Waals surface area (Å²) in [5, 5.41) is 15.6. The number of hydrogen-bond acceptors (Lipinski definition) is 3. The lowest BCUT2D eigenvalue weighted by Gasteiger charge is -2.10. The molecule has 1 aliphatic heterocycles. The van der Waals surface area contributed by atoms with Gasteiger partial charge in [0.15, 0.2) is 0 Å². The second-order valence-electron chi connectivity index (χ2n) is 4.87. The van der Waals surface area contributed by atoms with E-state index in [4.69, 9.17) is 5.26 Å². The molecule has 0 saturated carbocycles. The number of rotatable bonds is 3. The van der Waals surface area contributed by atoms with Gasteiger partial charge in [0, 0.05) is 29.8 Å². The van der Waals surface area contributed by atoms with Crippen molar-refractivity contribution in [3.8, 4) is 6.07 Å². The largest absolute Gasteiger partial charge is 0.380 e. The second kappa shape index (κ2) is 5.66. The van der Waals surface area contributed by atoms with E-state index >= 15 is 0 Å². The highest BCUT2D eigenvalue weighted by Crippen LogP contribution is 2.24. The van der Waals surface area contributed by atoms with Crippen LogP contribution in [0.2, 0.25) is 0 Å². The molecule has 0 aromatic heterocycles. The summed E-state index contributed by atoms with van der Waals surface area (Å²) < 4.78 is 0.916.